The number of terminal acetylenes is 1. The molecule has 1 amide bonds. The molecule has 1 unspecified atom stereocenters. The van der Waals surface area contributed by atoms with Crippen LogP contribution < -0.4 is 0 Å². The molecule has 0 radical (unpaired) electrons. The minimum Gasteiger partial charge on any atom is -0.342 e. The van der Waals surface area contributed by atoms with Crippen molar-refractivity contribution in [2.75, 3.05) is 13.1 Å². The number of carbonyl (C=O) groups is 1. The number of aryl methyl sites for hydroxylation is 1. The lowest BCUT2D eigenvalue weighted by Gasteiger charge is -2.31. The molecule has 7 heteroatoms. The van der Waals surface area contributed by atoms with Crippen LogP contribution in [0.4, 0.5) is 0 Å². The van der Waals surface area contributed by atoms with Gasteiger partial charge in [-0.15, -0.1) is 12.3 Å². The van der Waals surface area contributed by atoms with E-state index in [4.69, 9.17) is 10.9 Å². The summed E-state index contributed by atoms with van der Waals surface area (Å²) in [5.41, 5.74) is -0.387. The second-order valence-corrected chi connectivity index (χ2v) is 6.24. The van der Waals surface area contributed by atoms with E-state index in [1.54, 1.807) is 6.92 Å². The summed E-state index contributed by atoms with van der Waals surface area (Å²) in [5, 5.41) is 12.1. The third-order valence-electron chi connectivity index (χ3n) is 4.47. The predicted molar refractivity (Wildman–Crippen MR) is 82.5 cm³/mol. The lowest BCUT2D eigenvalue weighted by Crippen LogP contribution is -2.39. The van der Waals surface area contributed by atoms with Crippen LogP contribution in [-0.4, -0.2) is 39.7 Å². The van der Waals surface area contributed by atoms with Gasteiger partial charge in [-0.2, -0.15) is 15.2 Å². The zero-order valence-corrected chi connectivity index (χ0v) is 13.4. The number of aromatic nitrogens is 2. The summed E-state index contributed by atoms with van der Waals surface area (Å²) in [4.78, 5) is 18.7. The van der Waals surface area contributed by atoms with Crippen LogP contribution in [0.15, 0.2) is 14.8 Å². The Morgan fingerprint density at radius 2 is 2.30 bits per heavy atom. The number of hydrogen-bond donors (Lipinski definition) is 0. The van der Waals surface area contributed by atoms with Crippen LogP contribution in [-0.2, 0) is 4.79 Å². The average Bonchev–Trinajstić information content (AvgIpc) is 3.22. The first-order valence-corrected chi connectivity index (χ1v) is 8.07. The summed E-state index contributed by atoms with van der Waals surface area (Å²) in [5.74, 6) is 4.18. The Kier molecular flexibility index (Phi) is 4.42. The Labute approximate surface area is 135 Å². The van der Waals surface area contributed by atoms with Crippen molar-refractivity contribution < 1.29 is 9.32 Å². The molecule has 0 saturated carbocycles. The highest BCUT2D eigenvalue weighted by Gasteiger charge is 2.40. The molecule has 1 fully saturated rings. The highest BCUT2D eigenvalue weighted by Crippen LogP contribution is 2.38. The van der Waals surface area contributed by atoms with E-state index < -0.39 is 0 Å². The lowest BCUT2D eigenvalue weighted by atomic mass is 9.96. The topological polar surface area (TPSA) is 84.0 Å². The molecule has 2 aliphatic rings. The highest BCUT2D eigenvalue weighted by atomic mass is 16.5. The lowest BCUT2D eigenvalue weighted by molar-refractivity contribution is -0.132. The number of rotatable bonds is 6. The molecule has 0 aliphatic carbocycles. The van der Waals surface area contributed by atoms with Crippen LogP contribution in [0.1, 0.15) is 56.2 Å². The molecule has 0 N–H and O–H groups in total. The SMILES string of the molecule is C#CCCC1(CCC(=O)N2CCCC(c3noc(C)n3)C2)N=N1. The van der Waals surface area contributed by atoms with Crippen molar-refractivity contribution in [2.45, 2.75) is 57.0 Å². The van der Waals surface area contributed by atoms with Gasteiger partial charge >= 0.3 is 0 Å². The van der Waals surface area contributed by atoms with Crippen LogP contribution in [0.2, 0.25) is 0 Å². The van der Waals surface area contributed by atoms with Gasteiger partial charge in [0, 0.05) is 51.6 Å². The second-order valence-electron chi connectivity index (χ2n) is 6.24. The number of likely N-dealkylation sites (tertiary alicyclic amines) is 1. The van der Waals surface area contributed by atoms with E-state index in [0.717, 1.165) is 25.8 Å². The van der Waals surface area contributed by atoms with Gasteiger partial charge in [-0.1, -0.05) is 5.16 Å². The quantitative estimate of drug-likeness (QED) is 0.755. The van der Waals surface area contributed by atoms with Gasteiger partial charge in [0.1, 0.15) is 0 Å². The molecule has 1 aromatic heterocycles. The molecular formula is C16H21N5O2. The molecule has 23 heavy (non-hydrogen) atoms. The first kappa shape index (κ1) is 15.7. The minimum absolute atomic E-state index is 0.146. The van der Waals surface area contributed by atoms with Gasteiger partial charge in [-0.3, -0.25) is 4.79 Å². The maximum absolute atomic E-state index is 12.5. The van der Waals surface area contributed by atoms with Crippen molar-refractivity contribution in [2.24, 2.45) is 10.2 Å². The Balaban J connectivity index is 1.50. The van der Waals surface area contributed by atoms with Gasteiger partial charge in [-0.05, 0) is 12.8 Å². The molecular weight excluding hydrogens is 294 g/mol. The molecule has 1 saturated heterocycles. The first-order valence-electron chi connectivity index (χ1n) is 8.07. The van der Waals surface area contributed by atoms with Crippen LogP contribution in [0.5, 0.6) is 0 Å². The molecule has 0 spiro atoms. The molecule has 2 aliphatic heterocycles. The summed E-state index contributed by atoms with van der Waals surface area (Å²) in [7, 11) is 0. The molecule has 122 valence electrons. The van der Waals surface area contributed by atoms with E-state index in [0.29, 0.717) is 37.5 Å². The third-order valence-corrected chi connectivity index (χ3v) is 4.47. The van der Waals surface area contributed by atoms with Crippen molar-refractivity contribution in [3.63, 3.8) is 0 Å². The summed E-state index contributed by atoms with van der Waals surface area (Å²) >= 11 is 0. The number of piperidine rings is 1. The van der Waals surface area contributed by atoms with Gasteiger partial charge in [0.25, 0.3) is 0 Å². The summed E-state index contributed by atoms with van der Waals surface area (Å²) in [6.45, 7) is 3.22. The molecule has 7 nitrogen and oxygen atoms in total. The standard InChI is InChI=1S/C16H21N5O2/c1-3-4-8-16(19-20-16)9-7-14(22)21-10-5-6-13(11-21)15-17-12(2)23-18-15/h1,13H,4-11H2,2H3. The fourth-order valence-corrected chi connectivity index (χ4v) is 3.03. The number of amides is 1. The van der Waals surface area contributed by atoms with Crippen LogP contribution in [0.3, 0.4) is 0 Å². The largest absolute Gasteiger partial charge is 0.342 e. The zero-order valence-electron chi connectivity index (χ0n) is 13.4. The normalized spacial score (nSPS) is 21.9. The number of carbonyl (C=O) groups excluding carboxylic acids is 1. The molecule has 1 atom stereocenters. The number of hydrogen-bond acceptors (Lipinski definition) is 6. The molecule has 1 aromatic rings. The third kappa shape index (κ3) is 3.76. The van der Waals surface area contributed by atoms with Crippen molar-refractivity contribution in [3.8, 4) is 12.3 Å². The highest BCUT2D eigenvalue weighted by molar-refractivity contribution is 5.76. The van der Waals surface area contributed by atoms with Gasteiger partial charge in [0.2, 0.25) is 11.8 Å². The second kappa shape index (κ2) is 6.49. The molecule has 0 bridgehead atoms. The smallest absolute Gasteiger partial charge is 0.223 e. The van der Waals surface area contributed by atoms with E-state index in [2.05, 4.69) is 26.3 Å². The summed E-state index contributed by atoms with van der Waals surface area (Å²) < 4.78 is 5.05. The maximum atomic E-state index is 12.5. The Morgan fingerprint density at radius 1 is 1.48 bits per heavy atom. The predicted octanol–water partition coefficient (Wildman–Crippen LogP) is 2.44. The Hall–Kier alpha value is -2.23. The minimum atomic E-state index is -0.387. The maximum Gasteiger partial charge on any atom is 0.223 e. The summed E-state index contributed by atoms with van der Waals surface area (Å²) in [6, 6.07) is 0. The van der Waals surface area contributed by atoms with E-state index in [1.165, 1.54) is 0 Å². The van der Waals surface area contributed by atoms with Crippen LogP contribution in [0, 0.1) is 19.3 Å². The van der Waals surface area contributed by atoms with Crippen molar-refractivity contribution in [3.05, 3.63) is 11.7 Å². The van der Waals surface area contributed by atoms with Gasteiger partial charge in [0.05, 0.1) is 0 Å². The van der Waals surface area contributed by atoms with Gasteiger partial charge < -0.3 is 9.42 Å². The number of nitrogens with zero attached hydrogens (tertiary/aromatic N) is 5. The molecule has 3 heterocycles. The van der Waals surface area contributed by atoms with Crippen molar-refractivity contribution in [1.29, 1.82) is 0 Å². The van der Waals surface area contributed by atoms with Gasteiger partial charge in [-0.25, -0.2) is 0 Å². The molecule has 0 aromatic carbocycles. The van der Waals surface area contributed by atoms with E-state index >= 15 is 0 Å². The molecule has 3 rings (SSSR count). The average molecular weight is 315 g/mol. The van der Waals surface area contributed by atoms with Crippen LogP contribution in [0.25, 0.3) is 0 Å². The summed E-state index contributed by atoms with van der Waals surface area (Å²) in [6.07, 6.45) is 9.71. The van der Waals surface area contributed by atoms with Crippen molar-refractivity contribution in [1.82, 2.24) is 15.0 Å². The van der Waals surface area contributed by atoms with Crippen LogP contribution >= 0.6 is 0 Å². The van der Waals surface area contributed by atoms with E-state index in [-0.39, 0.29) is 17.5 Å². The zero-order chi connectivity index (χ0) is 16.3. The fraction of sp³-hybridized carbons (Fsp3) is 0.688. The van der Waals surface area contributed by atoms with Gasteiger partial charge in [0.15, 0.2) is 11.5 Å². The fourth-order valence-electron chi connectivity index (χ4n) is 3.03. The van der Waals surface area contributed by atoms with E-state index in [1.807, 2.05) is 4.90 Å². The first-order chi connectivity index (χ1) is 11.1. The monoisotopic (exact) mass is 315 g/mol. The Bertz CT molecular complexity index is 639. The Morgan fingerprint density at radius 3 is 2.96 bits per heavy atom. The van der Waals surface area contributed by atoms with Crippen molar-refractivity contribution >= 4 is 5.91 Å². The van der Waals surface area contributed by atoms with E-state index in [9.17, 15) is 4.79 Å².